The molecule has 0 aliphatic heterocycles. The van der Waals surface area contributed by atoms with Crippen LogP contribution in [-0.4, -0.2) is 56.5 Å². The Hall–Kier alpha value is -1.14. The molecule has 0 aliphatic carbocycles. The molecule has 7 heteroatoms. The third-order valence-corrected chi connectivity index (χ3v) is 3.11. The van der Waals surface area contributed by atoms with Crippen LogP contribution >= 0.6 is 0 Å². The third-order valence-electron chi connectivity index (χ3n) is 3.11. The summed E-state index contributed by atoms with van der Waals surface area (Å²) in [6.07, 6.45) is -0.367. The zero-order valence-electron chi connectivity index (χ0n) is 15.9. The Labute approximate surface area is 149 Å². The van der Waals surface area contributed by atoms with E-state index >= 15 is 0 Å². The van der Waals surface area contributed by atoms with Crippen LogP contribution in [0, 0.1) is 0 Å². The van der Waals surface area contributed by atoms with E-state index in [0.717, 1.165) is 11.1 Å². The van der Waals surface area contributed by atoms with Gasteiger partial charge in [0.05, 0.1) is 21.3 Å². The average molecular weight is 333 g/mol. The van der Waals surface area contributed by atoms with Gasteiger partial charge in [-0.05, 0) is 38.7 Å². The quantitative estimate of drug-likeness (QED) is 0.659. The molecule has 0 spiro atoms. The number of carbonyl (C=O) groups is 1. The molecule has 0 heterocycles. The number of nitrogens with one attached hydrogen (secondary N) is 1. The number of methoxy groups -OCH3 is 3. The number of rotatable bonds is 5. The highest BCUT2D eigenvalue weighted by Crippen LogP contribution is 2.20. The van der Waals surface area contributed by atoms with E-state index in [2.05, 4.69) is 5.32 Å². The number of hydrogen-bond donors (Lipinski definition) is 1. The molecular weight excluding hydrogens is 304 g/mol. The fraction of sp³-hybridized carbons (Fsp3) is 0.588. The van der Waals surface area contributed by atoms with E-state index in [4.69, 9.17) is 34.7 Å². The Balaban J connectivity index is 0. The van der Waals surface area contributed by atoms with Crippen LogP contribution in [0.25, 0.3) is 0 Å². The van der Waals surface area contributed by atoms with E-state index in [0.29, 0.717) is 0 Å². The maximum absolute atomic E-state index is 8.00. The van der Waals surface area contributed by atoms with E-state index < -0.39 is 5.34 Å². The lowest BCUT2D eigenvalue weighted by atomic mass is 9.58. The van der Waals surface area contributed by atoms with Crippen molar-refractivity contribution in [2.24, 2.45) is 0 Å². The number of benzene rings is 1. The van der Waals surface area contributed by atoms with E-state index in [9.17, 15) is 0 Å². The van der Waals surface area contributed by atoms with Gasteiger partial charge in [0.25, 0.3) is 0 Å². The zero-order chi connectivity index (χ0) is 19.4. The van der Waals surface area contributed by atoms with Crippen molar-refractivity contribution < 1.29 is 19.0 Å². The molecule has 1 aromatic rings. The first-order valence-electron chi connectivity index (χ1n) is 7.38. The number of carbonyl (C=O) groups excluding carboxylic acids is 1. The van der Waals surface area contributed by atoms with Crippen molar-refractivity contribution >= 4 is 22.5 Å². The molecular formula is C17H29B2NO4. The summed E-state index contributed by atoms with van der Waals surface area (Å²) < 4.78 is 15.2. The molecule has 1 rings (SSSR count). The summed E-state index contributed by atoms with van der Waals surface area (Å²) in [7, 11) is 18.3. The molecule has 4 radical (unpaired) electrons. The van der Waals surface area contributed by atoms with Gasteiger partial charge in [0, 0.05) is 26.9 Å². The second-order valence-corrected chi connectivity index (χ2v) is 5.86. The summed E-state index contributed by atoms with van der Waals surface area (Å²) in [4.78, 5) is 8.00. The van der Waals surface area contributed by atoms with Gasteiger partial charge in [0.2, 0.25) is 0 Å². The molecule has 0 amide bonds. The summed E-state index contributed by atoms with van der Waals surface area (Å²) in [6, 6.07) is 7.44. The summed E-state index contributed by atoms with van der Waals surface area (Å²) in [5.41, 5.74) is 1.75. The van der Waals surface area contributed by atoms with E-state index in [1.165, 1.54) is 0 Å². The van der Waals surface area contributed by atoms with Crippen molar-refractivity contribution in [3.05, 3.63) is 35.4 Å². The maximum Gasteiger partial charge on any atom is 0.183 e. The molecule has 1 aromatic carbocycles. The first kappa shape index (κ1) is 25.1. The smallest absolute Gasteiger partial charge is 0.183 e. The third kappa shape index (κ3) is 9.88. The summed E-state index contributed by atoms with van der Waals surface area (Å²) >= 11 is 0. The Morgan fingerprint density at radius 1 is 1.00 bits per heavy atom. The Morgan fingerprint density at radius 2 is 1.38 bits per heavy atom. The normalized spacial score (nSPS) is 11.2. The van der Waals surface area contributed by atoms with E-state index in [-0.39, 0.29) is 11.9 Å². The monoisotopic (exact) mass is 333 g/mol. The highest BCUT2D eigenvalue weighted by molar-refractivity contribution is 6.39. The van der Waals surface area contributed by atoms with Gasteiger partial charge in [-0.25, -0.2) is 0 Å². The van der Waals surface area contributed by atoms with Crippen LogP contribution in [0.1, 0.15) is 38.2 Å². The molecule has 1 N–H and O–H groups in total. The van der Waals surface area contributed by atoms with Gasteiger partial charge in [-0.15, -0.1) is 0 Å². The number of hydrogen-bond acceptors (Lipinski definition) is 5. The Morgan fingerprint density at radius 3 is 1.62 bits per heavy atom. The summed E-state index contributed by atoms with van der Waals surface area (Å²) in [6.45, 7) is 8.06. The molecule has 0 saturated carbocycles. The standard InChI is InChI=1S/C11H15B2NO2.C5H12O.CH2O/c1-14-11(12,13)9-6-4-8(5-7-9)10(15-2)16-3;1-5(2,3)6-4;1-2/h4-7,10,14H,1-3H3;1-4H3;1H2. The van der Waals surface area contributed by atoms with Crippen LogP contribution in [0.4, 0.5) is 0 Å². The molecule has 0 aromatic heterocycles. The fourth-order valence-corrected chi connectivity index (χ4v) is 1.43. The first-order valence-corrected chi connectivity index (χ1v) is 7.38. The first-order chi connectivity index (χ1) is 11.1. The lowest BCUT2D eigenvalue weighted by molar-refractivity contribution is -0.106. The van der Waals surface area contributed by atoms with E-state index in [1.807, 2.05) is 51.8 Å². The summed E-state index contributed by atoms with van der Waals surface area (Å²) in [5, 5.41) is 1.81. The van der Waals surface area contributed by atoms with Crippen molar-refractivity contribution in [3.63, 3.8) is 0 Å². The minimum atomic E-state index is -1.02. The van der Waals surface area contributed by atoms with Gasteiger partial charge in [-0.2, -0.15) is 0 Å². The summed E-state index contributed by atoms with van der Waals surface area (Å²) in [5.74, 6) is 0. The van der Waals surface area contributed by atoms with Crippen LogP contribution < -0.4 is 5.32 Å². The average Bonchev–Trinajstić information content (AvgIpc) is 2.58. The minimum Gasteiger partial charge on any atom is -0.379 e. The molecule has 5 nitrogen and oxygen atoms in total. The van der Waals surface area contributed by atoms with Crippen molar-refractivity contribution in [1.82, 2.24) is 5.32 Å². The van der Waals surface area contributed by atoms with Crippen LogP contribution in [0.2, 0.25) is 0 Å². The van der Waals surface area contributed by atoms with Crippen LogP contribution in [0.15, 0.2) is 24.3 Å². The number of ether oxygens (including phenoxy) is 3. The van der Waals surface area contributed by atoms with Gasteiger partial charge in [-0.3, -0.25) is 0 Å². The Kier molecular flexibility index (Phi) is 12.8. The van der Waals surface area contributed by atoms with Gasteiger partial charge in [0.1, 0.15) is 6.79 Å². The lowest BCUT2D eigenvalue weighted by Crippen LogP contribution is -2.40. The van der Waals surface area contributed by atoms with Crippen molar-refractivity contribution in [1.29, 1.82) is 0 Å². The van der Waals surface area contributed by atoms with Gasteiger partial charge in [0.15, 0.2) is 6.29 Å². The topological polar surface area (TPSA) is 56.8 Å². The predicted molar refractivity (Wildman–Crippen MR) is 99.3 cm³/mol. The molecule has 0 unspecified atom stereocenters. The van der Waals surface area contributed by atoms with Crippen molar-refractivity contribution in [3.8, 4) is 0 Å². The highest BCUT2D eigenvalue weighted by Gasteiger charge is 2.17. The Bertz CT molecular complexity index is 429. The largest absolute Gasteiger partial charge is 0.379 e. The predicted octanol–water partition coefficient (Wildman–Crippen LogP) is 1.89. The highest BCUT2D eigenvalue weighted by atomic mass is 16.7. The second-order valence-electron chi connectivity index (χ2n) is 5.86. The van der Waals surface area contributed by atoms with E-state index in [1.54, 1.807) is 28.4 Å². The minimum absolute atomic E-state index is 0.0417. The van der Waals surface area contributed by atoms with Crippen LogP contribution in [-0.2, 0) is 24.3 Å². The van der Waals surface area contributed by atoms with Crippen LogP contribution in [0.5, 0.6) is 0 Å². The molecule has 0 aliphatic rings. The molecule has 0 atom stereocenters. The van der Waals surface area contributed by atoms with Crippen molar-refractivity contribution in [2.75, 3.05) is 28.4 Å². The SMILES string of the molecule is C=O.COC(C)(C)C.[B]C([B])(NC)c1ccc(C(OC)OC)cc1. The van der Waals surface area contributed by atoms with Gasteiger partial charge in [-0.1, -0.05) is 24.3 Å². The fourth-order valence-electron chi connectivity index (χ4n) is 1.43. The van der Waals surface area contributed by atoms with Crippen molar-refractivity contribution in [2.45, 2.75) is 38.0 Å². The molecule has 24 heavy (non-hydrogen) atoms. The van der Waals surface area contributed by atoms with Gasteiger partial charge >= 0.3 is 0 Å². The second kappa shape index (κ2) is 12.3. The van der Waals surface area contributed by atoms with Crippen LogP contribution in [0.3, 0.4) is 0 Å². The molecule has 0 fully saturated rings. The molecule has 0 saturated heterocycles. The molecule has 132 valence electrons. The maximum atomic E-state index is 8.00. The molecule has 0 bridgehead atoms. The lowest BCUT2D eigenvalue weighted by Gasteiger charge is -2.26. The van der Waals surface area contributed by atoms with Gasteiger partial charge < -0.3 is 24.3 Å². The zero-order valence-corrected chi connectivity index (χ0v) is 15.9.